The first-order chi connectivity index (χ1) is 28.2. The van der Waals surface area contributed by atoms with Gasteiger partial charge in [-0.1, -0.05) is 30.3 Å². The summed E-state index contributed by atoms with van der Waals surface area (Å²) in [7, 11) is 4.46. The van der Waals surface area contributed by atoms with Crippen LogP contribution in [0.5, 0.6) is 11.5 Å². The summed E-state index contributed by atoms with van der Waals surface area (Å²) < 4.78 is 16.0. The molecule has 0 N–H and O–H groups in total. The second-order valence-corrected chi connectivity index (χ2v) is 12.4. The van der Waals surface area contributed by atoms with E-state index < -0.39 is 5.97 Å². The van der Waals surface area contributed by atoms with Gasteiger partial charge < -0.3 is 24.0 Å². The molecular formula is C46H32N8O4. The molecule has 5 aromatic carbocycles. The highest BCUT2D eigenvalue weighted by Crippen LogP contribution is 2.34. The Hall–Kier alpha value is -8.81. The number of carbonyl (C=O) groups excluding carboxylic acids is 1. The summed E-state index contributed by atoms with van der Waals surface area (Å²) in [5.41, 5.74) is 5.01. The second kappa shape index (κ2) is 19.0. The van der Waals surface area contributed by atoms with Crippen molar-refractivity contribution in [2.45, 2.75) is 13.1 Å². The Balaban J connectivity index is 1.61. The summed E-state index contributed by atoms with van der Waals surface area (Å²) in [4.78, 5) is 17.2. The first kappa shape index (κ1) is 40.4. The van der Waals surface area contributed by atoms with Crippen LogP contribution in [0.15, 0.2) is 126 Å². The summed E-state index contributed by atoms with van der Waals surface area (Å²) in [6.07, 6.45) is 0. The van der Waals surface area contributed by atoms with Crippen LogP contribution in [0.4, 0.5) is 22.7 Å². The molecule has 0 spiro atoms. The van der Waals surface area contributed by atoms with Crippen LogP contribution in [0.3, 0.4) is 0 Å². The van der Waals surface area contributed by atoms with Crippen LogP contribution in [0.25, 0.3) is 11.1 Å². The molecule has 0 fully saturated rings. The number of allylic oxidation sites excluding steroid dienone is 4. The summed E-state index contributed by atoms with van der Waals surface area (Å²) in [5, 5.41) is 57.1. The molecule has 0 unspecified atom stereocenters. The number of methoxy groups -OCH3 is 3. The molecule has 280 valence electrons. The number of nitriles is 6. The van der Waals surface area contributed by atoms with E-state index in [0.717, 1.165) is 22.5 Å². The molecule has 0 aromatic heterocycles. The Kier molecular flexibility index (Phi) is 13.2. The van der Waals surface area contributed by atoms with Gasteiger partial charge in [0, 0.05) is 35.8 Å². The van der Waals surface area contributed by atoms with Crippen molar-refractivity contribution in [2.24, 2.45) is 0 Å². The van der Waals surface area contributed by atoms with E-state index in [1.807, 2.05) is 76.5 Å². The van der Waals surface area contributed by atoms with Crippen molar-refractivity contribution >= 4 is 39.9 Å². The smallest absolute Gasteiger partial charge is 0.337 e. The third-order valence-corrected chi connectivity index (χ3v) is 9.03. The van der Waals surface area contributed by atoms with Crippen molar-refractivity contribution < 1.29 is 19.0 Å². The van der Waals surface area contributed by atoms with Gasteiger partial charge in [0.25, 0.3) is 0 Å². The number of rotatable bonds is 13. The number of anilines is 4. The van der Waals surface area contributed by atoms with Crippen molar-refractivity contribution in [1.82, 2.24) is 0 Å². The van der Waals surface area contributed by atoms with E-state index in [-0.39, 0.29) is 35.4 Å². The Bertz CT molecular complexity index is 2440. The number of benzene rings is 5. The monoisotopic (exact) mass is 760 g/mol. The van der Waals surface area contributed by atoms with Crippen LogP contribution in [0.2, 0.25) is 0 Å². The SMILES string of the molecule is COC(=O)c1cc(CN(c2ccc(OC)cc2)c2ccc(C(C#N)=C(C#N)C#N)cc2)cc(CN(c2ccc(OC)cc2)c2ccc(C(C#N)=C(C#N)C#N)cc2)c1. The van der Waals surface area contributed by atoms with Gasteiger partial charge in [-0.3, -0.25) is 0 Å². The van der Waals surface area contributed by atoms with E-state index in [4.69, 9.17) is 14.2 Å². The Labute approximate surface area is 335 Å². The molecule has 0 atom stereocenters. The predicted octanol–water partition coefficient (Wildman–Crippen LogP) is 8.82. The van der Waals surface area contributed by atoms with Crippen molar-refractivity contribution in [3.05, 3.63) is 154 Å². The van der Waals surface area contributed by atoms with Crippen LogP contribution in [0, 0.1) is 68.0 Å². The summed E-state index contributed by atoms with van der Waals surface area (Å²) in [6.45, 7) is 0.541. The summed E-state index contributed by atoms with van der Waals surface area (Å²) in [5.74, 6) is 0.771. The molecule has 0 heterocycles. The highest BCUT2D eigenvalue weighted by atomic mass is 16.5. The lowest BCUT2D eigenvalue weighted by Gasteiger charge is -2.28. The Morgan fingerprint density at radius 3 is 1.07 bits per heavy atom. The van der Waals surface area contributed by atoms with Crippen LogP contribution in [-0.2, 0) is 17.8 Å². The van der Waals surface area contributed by atoms with Gasteiger partial charge in [-0.2, -0.15) is 31.6 Å². The minimum absolute atomic E-state index is 0.0323. The number of nitrogens with zero attached hydrogens (tertiary/aromatic N) is 8. The number of esters is 1. The average Bonchev–Trinajstić information content (AvgIpc) is 3.28. The standard InChI is InChI=1S/C46H32N8O4/c1-56-42-16-12-40(13-17-42)53(38-8-4-33(5-9-38)44(27-51)36(23-47)24-48)29-31-20-32(22-35(21-31)46(55)58-3)30-54(41-14-18-43(57-2)19-15-41)39-10-6-34(7-11-39)45(28-52)37(25-49)26-50/h4-22H,29-30H2,1-3H3. The second-order valence-electron chi connectivity index (χ2n) is 12.4. The fourth-order valence-corrected chi connectivity index (χ4v) is 6.15. The topological polar surface area (TPSA) is 194 Å². The van der Waals surface area contributed by atoms with Gasteiger partial charge in [0.1, 0.15) is 59.1 Å². The van der Waals surface area contributed by atoms with Crippen molar-refractivity contribution in [1.29, 1.82) is 31.6 Å². The maximum atomic E-state index is 13.1. The van der Waals surface area contributed by atoms with Gasteiger partial charge in [0.05, 0.1) is 38.0 Å². The molecule has 5 aromatic rings. The molecule has 58 heavy (non-hydrogen) atoms. The average molecular weight is 761 g/mol. The summed E-state index contributed by atoms with van der Waals surface area (Å²) >= 11 is 0. The minimum atomic E-state index is -0.535. The van der Waals surface area contributed by atoms with Crippen LogP contribution < -0.4 is 19.3 Å². The maximum absolute atomic E-state index is 13.1. The summed E-state index contributed by atoms with van der Waals surface area (Å²) in [6, 6.07) is 45.2. The fourth-order valence-electron chi connectivity index (χ4n) is 6.15. The molecule has 5 rings (SSSR count). The van der Waals surface area contributed by atoms with Gasteiger partial charge in [0.2, 0.25) is 0 Å². The van der Waals surface area contributed by atoms with Gasteiger partial charge in [-0.15, -0.1) is 0 Å². The van der Waals surface area contributed by atoms with Gasteiger partial charge >= 0.3 is 5.97 Å². The fraction of sp³-hybridized carbons (Fsp3) is 0.109. The number of hydrogen-bond donors (Lipinski definition) is 0. The normalized spacial score (nSPS) is 9.74. The van der Waals surface area contributed by atoms with E-state index in [0.29, 0.717) is 39.6 Å². The minimum Gasteiger partial charge on any atom is -0.497 e. The molecule has 0 saturated carbocycles. The van der Waals surface area contributed by atoms with Gasteiger partial charge in [0.15, 0.2) is 0 Å². The molecule has 0 bridgehead atoms. The van der Waals surface area contributed by atoms with E-state index in [1.165, 1.54) is 7.11 Å². The quantitative estimate of drug-likeness (QED) is 0.0819. The van der Waals surface area contributed by atoms with Crippen molar-refractivity contribution in [2.75, 3.05) is 31.1 Å². The predicted molar refractivity (Wildman–Crippen MR) is 216 cm³/mol. The lowest BCUT2D eigenvalue weighted by Crippen LogP contribution is -2.19. The molecule has 0 aliphatic carbocycles. The van der Waals surface area contributed by atoms with E-state index in [1.54, 1.807) is 99.2 Å². The molecular weight excluding hydrogens is 729 g/mol. The first-order valence-electron chi connectivity index (χ1n) is 17.4. The van der Waals surface area contributed by atoms with Gasteiger partial charge in [-0.05, 0) is 107 Å². The molecule has 12 nitrogen and oxygen atoms in total. The van der Waals surface area contributed by atoms with Gasteiger partial charge in [-0.25, -0.2) is 4.79 Å². The van der Waals surface area contributed by atoms with E-state index >= 15 is 0 Å². The lowest BCUT2D eigenvalue weighted by atomic mass is 10.0. The Morgan fingerprint density at radius 1 is 0.466 bits per heavy atom. The maximum Gasteiger partial charge on any atom is 0.337 e. The molecule has 12 heteroatoms. The zero-order valence-electron chi connectivity index (χ0n) is 31.6. The third kappa shape index (κ3) is 9.10. The van der Waals surface area contributed by atoms with Crippen molar-refractivity contribution in [3.63, 3.8) is 0 Å². The van der Waals surface area contributed by atoms with Crippen LogP contribution in [-0.4, -0.2) is 27.3 Å². The third-order valence-electron chi connectivity index (χ3n) is 9.03. The molecule has 0 aliphatic rings. The number of carbonyl (C=O) groups is 1. The first-order valence-corrected chi connectivity index (χ1v) is 17.4. The van der Waals surface area contributed by atoms with E-state index in [2.05, 4.69) is 0 Å². The number of hydrogen-bond acceptors (Lipinski definition) is 12. The highest BCUT2D eigenvalue weighted by molar-refractivity contribution is 5.90. The molecule has 0 saturated heterocycles. The van der Waals surface area contributed by atoms with Crippen molar-refractivity contribution in [3.8, 4) is 47.9 Å². The zero-order chi connectivity index (χ0) is 41.6. The Morgan fingerprint density at radius 2 is 0.793 bits per heavy atom. The molecule has 0 amide bonds. The zero-order valence-corrected chi connectivity index (χ0v) is 31.6. The number of ether oxygens (including phenoxy) is 3. The molecule has 0 radical (unpaired) electrons. The van der Waals surface area contributed by atoms with Crippen LogP contribution >= 0.6 is 0 Å². The molecule has 0 aliphatic heterocycles. The van der Waals surface area contributed by atoms with E-state index in [9.17, 15) is 36.4 Å². The lowest BCUT2D eigenvalue weighted by molar-refractivity contribution is 0.0600. The largest absolute Gasteiger partial charge is 0.497 e. The van der Waals surface area contributed by atoms with Crippen LogP contribution in [0.1, 0.15) is 32.6 Å². The highest BCUT2D eigenvalue weighted by Gasteiger charge is 2.19.